The molecule has 5 nitrogen and oxygen atoms in total. The molecule has 0 bridgehead atoms. The molecule has 0 fully saturated rings. The Labute approximate surface area is 197 Å². The van der Waals surface area contributed by atoms with Crippen LogP contribution in [0.3, 0.4) is 0 Å². The summed E-state index contributed by atoms with van der Waals surface area (Å²) in [5.41, 5.74) is 3.70. The highest BCUT2D eigenvalue weighted by molar-refractivity contribution is 6.13. The van der Waals surface area contributed by atoms with E-state index < -0.39 is 11.6 Å². The van der Waals surface area contributed by atoms with Crippen molar-refractivity contribution in [3.05, 3.63) is 120 Å². The van der Waals surface area contributed by atoms with Crippen LogP contribution in [0, 0.1) is 0 Å². The van der Waals surface area contributed by atoms with Gasteiger partial charge in [-0.1, -0.05) is 84.9 Å². The number of hydrogen-bond donors (Lipinski definition) is 0. The van der Waals surface area contributed by atoms with Crippen LogP contribution in [0.4, 0.5) is 0 Å². The summed E-state index contributed by atoms with van der Waals surface area (Å²) in [6.07, 6.45) is 7.04. The van der Waals surface area contributed by atoms with Crippen LogP contribution in [0.1, 0.15) is 33.8 Å². The topological polar surface area (TPSA) is 59.0 Å². The number of ether oxygens (including phenoxy) is 1. The van der Waals surface area contributed by atoms with E-state index in [1.807, 2.05) is 54.6 Å². The maximum Gasteiger partial charge on any atom is 0.302 e. The van der Waals surface area contributed by atoms with Gasteiger partial charge >= 0.3 is 5.91 Å². The summed E-state index contributed by atoms with van der Waals surface area (Å²) in [5, 5.41) is 0. The number of allylic oxidation sites excluding steroid dienone is 2. The SMILES string of the molecule is O=C(CC1(OCC2c3ccccc3-c3ccccc32)C(=O)N=C2C=CC=CN21)c1ccccc1. The lowest BCUT2D eigenvalue weighted by atomic mass is 9.96. The molecule has 5 heteroatoms. The number of carbonyl (C=O) groups is 2. The zero-order chi connectivity index (χ0) is 23.1. The number of amides is 1. The Bertz CT molecular complexity index is 1340. The van der Waals surface area contributed by atoms with Gasteiger partial charge in [0.05, 0.1) is 13.0 Å². The third-order valence-electron chi connectivity index (χ3n) is 6.73. The van der Waals surface area contributed by atoms with Gasteiger partial charge in [-0.2, -0.15) is 4.99 Å². The second-order valence-electron chi connectivity index (χ2n) is 8.63. The number of ketones is 1. The van der Waals surface area contributed by atoms with Crippen LogP contribution in [0.25, 0.3) is 11.1 Å². The van der Waals surface area contributed by atoms with Gasteiger partial charge in [0, 0.05) is 17.7 Å². The van der Waals surface area contributed by atoms with Crippen molar-refractivity contribution in [3.63, 3.8) is 0 Å². The summed E-state index contributed by atoms with van der Waals surface area (Å²) in [4.78, 5) is 32.5. The maximum atomic E-state index is 13.4. The van der Waals surface area contributed by atoms with Crippen LogP contribution in [-0.2, 0) is 9.53 Å². The normalized spacial score (nSPS) is 20.2. The summed E-state index contributed by atoms with van der Waals surface area (Å²) < 4.78 is 6.52. The van der Waals surface area contributed by atoms with Crippen molar-refractivity contribution in [2.45, 2.75) is 18.1 Å². The van der Waals surface area contributed by atoms with Crippen LogP contribution in [0.5, 0.6) is 0 Å². The van der Waals surface area contributed by atoms with Crippen molar-refractivity contribution in [3.8, 4) is 11.1 Å². The van der Waals surface area contributed by atoms with Gasteiger partial charge in [0.25, 0.3) is 0 Å². The van der Waals surface area contributed by atoms with Crippen LogP contribution in [0.15, 0.2) is 108 Å². The lowest BCUT2D eigenvalue weighted by Gasteiger charge is -2.36. The highest BCUT2D eigenvalue weighted by Crippen LogP contribution is 2.45. The first-order valence-electron chi connectivity index (χ1n) is 11.4. The Morgan fingerprint density at radius 1 is 0.882 bits per heavy atom. The number of carbonyl (C=O) groups excluding carboxylic acids is 2. The molecular weight excluding hydrogens is 424 g/mol. The Hall–Kier alpha value is -4.09. The largest absolute Gasteiger partial charge is 0.345 e. The molecule has 34 heavy (non-hydrogen) atoms. The zero-order valence-electron chi connectivity index (χ0n) is 18.4. The van der Waals surface area contributed by atoms with Gasteiger partial charge in [0.2, 0.25) is 5.72 Å². The molecule has 3 aliphatic rings. The van der Waals surface area contributed by atoms with Crippen LogP contribution in [-0.4, -0.2) is 34.8 Å². The molecule has 0 saturated carbocycles. The predicted octanol–water partition coefficient (Wildman–Crippen LogP) is 5.11. The molecule has 0 spiro atoms. The fraction of sp³-hybridized carbons (Fsp3) is 0.138. The number of fused-ring (bicyclic) bond motifs is 4. The van der Waals surface area contributed by atoms with E-state index in [0.717, 1.165) is 11.1 Å². The van der Waals surface area contributed by atoms with Gasteiger partial charge in [-0.05, 0) is 34.4 Å². The lowest BCUT2D eigenvalue weighted by Crippen LogP contribution is -2.53. The number of nitrogens with zero attached hydrogens (tertiary/aromatic N) is 2. The Kier molecular flexibility index (Phi) is 4.85. The Balaban J connectivity index is 1.36. The van der Waals surface area contributed by atoms with Crippen LogP contribution < -0.4 is 0 Å². The molecule has 0 aromatic heterocycles. The molecule has 2 heterocycles. The second kappa shape index (κ2) is 8.04. The minimum absolute atomic E-state index is 0.0442. The van der Waals surface area contributed by atoms with E-state index in [2.05, 4.69) is 29.3 Å². The molecule has 3 aromatic carbocycles. The van der Waals surface area contributed by atoms with E-state index in [0.29, 0.717) is 11.4 Å². The molecule has 0 saturated heterocycles. The fourth-order valence-corrected chi connectivity index (χ4v) is 5.07. The van der Waals surface area contributed by atoms with Gasteiger partial charge in [0.1, 0.15) is 5.84 Å². The van der Waals surface area contributed by atoms with E-state index >= 15 is 0 Å². The van der Waals surface area contributed by atoms with E-state index in [1.54, 1.807) is 29.3 Å². The molecule has 0 N–H and O–H groups in total. The second-order valence-corrected chi connectivity index (χ2v) is 8.63. The Morgan fingerprint density at radius 3 is 2.24 bits per heavy atom. The molecule has 6 rings (SSSR count). The molecule has 1 amide bonds. The number of amidine groups is 1. The van der Waals surface area contributed by atoms with Crippen molar-refractivity contribution in [1.29, 1.82) is 0 Å². The van der Waals surface area contributed by atoms with Gasteiger partial charge in [-0.25, -0.2) is 0 Å². The first-order valence-corrected chi connectivity index (χ1v) is 11.4. The molecule has 0 radical (unpaired) electrons. The summed E-state index contributed by atoms with van der Waals surface area (Å²) >= 11 is 0. The van der Waals surface area contributed by atoms with Gasteiger partial charge in [0.15, 0.2) is 5.78 Å². The standard InChI is InChI=1S/C29H22N2O3/c32-26(20-10-2-1-3-11-20)18-29(28(33)30-27-16-8-9-17-31(27)29)34-19-25-23-14-6-4-12-21(23)22-13-5-7-15-24(22)25/h1-17,25H,18-19H2. The highest BCUT2D eigenvalue weighted by atomic mass is 16.5. The molecule has 3 aromatic rings. The smallest absolute Gasteiger partial charge is 0.302 e. The first kappa shape index (κ1) is 20.5. The monoisotopic (exact) mass is 446 g/mol. The quantitative estimate of drug-likeness (QED) is 0.494. The van der Waals surface area contributed by atoms with Gasteiger partial charge in [-0.15, -0.1) is 0 Å². The van der Waals surface area contributed by atoms with Crippen molar-refractivity contribution in [2.24, 2.45) is 4.99 Å². The molecule has 1 atom stereocenters. The number of rotatable bonds is 6. The van der Waals surface area contributed by atoms with E-state index in [4.69, 9.17) is 4.74 Å². The summed E-state index contributed by atoms with van der Waals surface area (Å²) in [7, 11) is 0. The minimum atomic E-state index is -1.52. The first-order chi connectivity index (χ1) is 16.7. The van der Waals surface area contributed by atoms with Crippen molar-refractivity contribution < 1.29 is 14.3 Å². The molecule has 2 aliphatic heterocycles. The van der Waals surface area contributed by atoms with Crippen LogP contribution >= 0.6 is 0 Å². The number of aliphatic imine (C=N–C) groups is 1. The zero-order valence-corrected chi connectivity index (χ0v) is 18.4. The van der Waals surface area contributed by atoms with Gasteiger partial charge in [-0.3, -0.25) is 14.5 Å². The Morgan fingerprint density at radius 2 is 1.53 bits per heavy atom. The highest BCUT2D eigenvalue weighted by Gasteiger charge is 2.53. The lowest BCUT2D eigenvalue weighted by molar-refractivity contribution is -0.156. The minimum Gasteiger partial charge on any atom is -0.345 e. The molecule has 1 aliphatic carbocycles. The fourth-order valence-electron chi connectivity index (χ4n) is 5.07. The maximum absolute atomic E-state index is 13.4. The van der Waals surface area contributed by atoms with E-state index in [9.17, 15) is 9.59 Å². The number of benzene rings is 3. The average molecular weight is 447 g/mol. The molecule has 166 valence electrons. The third-order valence-corrected chi connectivity index (χ3v) is 6.73. The van der Waals surface area contributed by atoms with E-state index in [1.165, 1.54) is 11.1 Å². The summed E-state index contributed by atoms with van der Waals surface area (Å²) in [6.45, 7) is 0.249. The van der Waals surface area contributed by atoms with Crippen molar-refractivity contribution in [2.75, 3.05) is 6.61 Å². The van der Waals surface area contributed by atoms with Gasteiger partial charge < -0.3 is 4.74 Å². The average Bonchev–Trinajstić information content (AvgIpc) is 3.35. The number of hydrogen-bond acceptors (Lipinski definition) is 4. The van der Waals surface area contributed by atoms with Crippen LogP contribution in [0.2, 0.25) is 0 Å². The molecular formula is C29H22N2O3. The third kappa shape index (κ3) is 3.17. The molecule has 1 unspecified atom stereocenters. The summed E-state index contributed by atoms with van der Waals surface area (Å²) in [6, 6.07) is 25.5. The summed E-state index contributed by atoms with van der Waals surface area (Å²) in [5.74, 6) is -0.180. The number of Topliss-reactive ketones (excluding diaryl/α,β-unsaturated/α-hetero) is 1. The van der Waals surface area contributed by atoms with E-state index in [-0.39, 0.29) is 24.7 Å². The van der Waals surface area contributed by atoms with Crippen molar-refractivity contribution in [1.82, 2.24) is 4.90 Å². The predicted molar refractivity (Wildman–Crippen MR) is 130 cm³/mol. The van der Waals surface area contributed by atoms with Crippen molar-refractivity contribution >= 4 is 17.5 Å².